The van der Waals surface area contributed by atoms with Crippen LogP contribution in [0.3, 0.4) is 0 Å². The lowest BCUT2D eigenvalue weighted by atomic mass is 10.0. The number of fused-ring (bicyclic) bond motifs is 8. The van der Waals surface area contributed by atoms with E-state index in [1.54, 1.807) is 0 Å². The first-order valence-corrected chi connectivity index (χ1v) is 19.5. The van der Waals surface area contributed by atoms with Crippen LogP contribution in [-0.4, -0.2) is 19.5 Å². The molecule has 0 atom stereocenters. The minimum absolute atomic E-state index is 0.582. The van der Waals surface area contributed by atoms with Crippen LogP contribution >= 0.6 is 0 Å². The standard InChI is InChI=1S/C53H32N4O/c1-3-13-33(14-4-1)41-30-47(57-45-22-12-11-21-42(45)44-28-37-19-9-10-20-38(37)29-46(44)57)50-43-26-25-40(31-48(43)58-49(50)32-41)53-55-51(35-16-5-2-6-17-35)54-52(56-53)39-24-23-34-15-7-8-18-36(34)27-39/h1-32H. The van der Waals surface area contributed by atoms with Crippen molar-refractivity contribution < 1.29 is 4.42 Å². The molecular weight excluding hydrogens is 709 g/mol. The number of furan rings is 1. The van der Waals surface area contributed by atoms with Crippen LogP contribution < -0.4 is 0 Å². The summed E-state index contributed by atoms with van der Waals surface area (Å²) in [5.74, 6) is 1.82. The third-order valence-corrected chi connectivity index (χ3v) is 11.4. The Labute approximate surface area is 333 Å². The summed E-state index contributed by atoms with van der Waals surface area (Å²) in [6.45, 7) is 0. The minimum Gasteiger partial charge on any atom is -0.456 e. The zero-order valence-corrected chi connectivity index (χ0v) is 31.2. The summed E-state index contributed by atoms with van der Waals surface area (Å²) in [6, 6.07) is 68.1. The van der Waals surface area contributed by atoms with Crippen molar-refractivity contribution in [3.63, 3.8) is 0 Å². The number of rotatable bonds is 5. The molecule has 5 heteroatoms. The highest BCUT2D eigenvalue weighted by molar-refractivity contribution is 6.17. The van der Waals surface area contributed by atoms with Gasteiger partial charge in [0.15, 0.2) is 17.5 Å². The molecule has 0 aliphatic carbocycles. The van der Waals surface area contributed by atoms with Gasteiger partial charge in [-0.05, 0) is 81.2 Å². The van der Waals surface area contributed by atoms with E-state index in [9.17, 15) is 0 Å². The summed E-state index contributed by atoms with van der Waals surface area (Å²) in [5.41, 5.74) is 9.85. The van der Waals surface area contributed by atoms with Gasteiger partial charge in [-0.1, -0.05) is 146 Å². The average Bonchev–Trinajstić information content (AvgIpc) is 3.83. The van der Waals surface area contributed by atoms with Crippen molar-refractivity contribution in [2.75, 3.05) is 0 Å². The zero-order valence-electron chi connectivity index (χ0n) is 31.2. The summed E-state index contributed by atoms with van der Waals surface area (Å²) in [5, 5.41) is 9.22. The normalized spacial score (nSPS) is 11.8. The molecule has 0 N–H and O–H groups in total. The molecule has 0 spiro atoms. The van der Waals surface area contributed by atoms with Gasteiger partial charge in [-0.3, -0.25) is 0 Å². The molecule has 58 heavy (non-hydrogen) atoms. The molecule has 12 rings (SSSR count). The molecule has 3 heterocycles. The SMILES string of the molecule is c1ccc(-c2cc(-n3c4ccccc4c4cc5ccccc5cc43)c3c(c2)oc2cc(-c4nc(-c5ccccc5)nc(-c5ccc6ccccc6c5)n4)ccc23)cc1. The fourth-order valence-corrected chi connectivity index (χ4v) is 8.59. The first-order chi connectivity index (χ1) is 28.7. The summed E-state index contributed by atoms with van der Waals surface area (Å²) < 4.78 is 9.32. The Morgan fingerprint density at radius 2 is 0.897 bits per heavy atom. The van der Waals surface area contributed by atoms with Crippen LogP contribution in [0.5, 0.6) is 0 Å². The molecule has 0 fully saturated rings. The van der Waals surface area contributed by atoms with E-state index in [-0.39, 0.29) is 0 Å². The number of benzene rings is 9. The molecule has 270 valence electrons. The quantitative estimate of drug-likeness (QED) is 0.176. The second-order valence-electron chi connectivity index (χ2n) is 14.9. The van der Waals surface area contributed by atoms with Gasteiger partial charge in [0, 0.05) is 32.8 Å². The van der Waals surface area contributed by atoms with Crippen molar-refractivity contribution >= 4 is 65.3 Å². The van der Waals surface area contributed by atoms with E-state index < -0.39 is 0 Å². The average molecular weight is 741 g/mol. The molecule has 0 aliphatic heterocycles. The lowest BCUT2D eigenvalue weighted by molar-refractivity contribution is 0.669. The van der Waals surface area contributed by atoms with Gasteiger partial charge in [-0.25, -0.2) is 15.0 Å². The molecule has 0 aliphatic rings. The van der Waals surface area contributed by atoms with Gasteiger partial charge in [0.1, 0.15) is 11.2 Å². The Morgan fingerprint density at radius 1 is 0.328 bits per heavy atom. The smallest absolute Gasteiger partial charge is 0.164 e. The second-order valence-corrected chi connectivity index (χ2v) is 14.9. The minimum atomic E-state index is 0.582. The van der Waals surface area contributed by atoms with Crippen LogP contribution in [0, 0.1) is 0 Å². The molecule has 5 nitrogen and oxygen atoms in total. The summed E-state index contributed by atoms with van der Waals surface area (Å²) in [4.78, 5) is 15.2. The van der Waals surface area contributed by atoms with E-state index in [1.807, 2.05) is 30.3 Å². The first kappa shape index (κ1) is 32.4. The predicted molar refractivity (Wildman–Crippen MR) is 238 cm³/mol. The van der Waals surface area contributed by atoms with Gasteiger partial charge in [0.05, 0.1) is 22.1 Å². The lowest BCUT2D eigenvalue weighted by Gasteiger charge is -2.13. The van der Waals surface area contributed by atoms with Crippen LogP contribution in [0.25, 0.3) is 116 Å². The van der Waals surface area contributed by atoms with Crippen LogP contribution in [0.4, 0.5) is 0 Å². The van der Waals surface area contributed by atoms with E-state index in [2.05, 4.69) is 168 Å². The van der Waals surface area contributed by atoms with Gasteiger partial charge in [-0.2, -0.15) is 0 Å². The number of aromatic nitrogens is 4. The Morgan fingerprint density at radius 3 is 1.66 bits per heavy atom. The Kier molecular flexibility index (Phi) is 7.16. The number of hydrogen-bond donors (Lipinski definition) is 0. The van der Waals surface area contributed by atoms with E-state index >= 15 is 0 Å². The number of para-hydroxylation sites is 1. The molecule has 0 bridgehead atoms. The van der Waals surface area contributed by atoms with Crippen LogP contribution in [0.15, 0.2) is 199 Å². The molecule has 0 amide bonds. The maximum absolute atomic E-state index is 6.90. The van der Waals surface area contributed by atoms with Gasteiger partial charge in [0.2, 0.25) is 0 Å². The highest BCUT2D eigenvalue weighted by atomic mass is 16.3. The molecule has 12 aromatic rings. The van der Waals surface area contributed by atoms with E-state index in [1.165, 1.54) is 26.9 Å². The molecule has 9 aromatic carbocycles. The van der Waals surface area contributed by atoms with Gasteiger partial charge < -0.3 is 8.98 Å². The predicted octanol–water partition coefficient (Wildman–Crippen LogP) is 13.8. The monoisotopic (exact) mass is 740 g/mol. The highest BCUT2D eigenvalue weighted by Crippen LogP contribution is 2.43. The fourth-order valence-electron chi connectivity index (χ4n) is 8.59. The van der Waals surface area contributed by atoms with Crippen LogP contribution in [0.2, 0.25) is 0 Å². The summed E-state index contributed by atoms with van der Waals surface area (Å²) >= 11 is 0. The summed E-state index contributed by atoms with van der Waals surface area (Å²) in [6.07, 6.45) is 0. The lowest BCUT2D eigenvalue weighted by Crippen LogP contribution is -2.00. The van der Waals surface area contributed by atoms with E-state index in [0.29, 0.717) is 17.5 Å². The zero-order chi connectivity index (χ0) is 38.2. The van der Waals surface area contributed by atoms with Gasteiger partial charge >= 0.3 is 0 Å². The Balaban J connectivity index is 1.10. The maximum Gasteiger partial charge on any atom is 0.164 e. The van der Waals surface area contributed by atoms with Gasteiger partial charge in [0.25, 0.3) is 0 Å². The first-order valence-electron chi connectivity index (χ1n) is 19.5. The molecule has 0 saturated carbocycles. The van der Waals surface area contributed by atoms with E-state index in [0.717, 1.165) is 71.9 Å². The molecular formula is C53H32N4O. The molecule has 0 unspecified atom stereocenters. The highest BCUT2D eigenvalue weighted by Gasteiger charge is 2.21. The van der Waals surface area contributed by atoms with Crippen molar-refractivity contribution in [3.8, 4) is 51.0 Å². The van der Waals surface area contributed by atoms with Crippen LogP contribution in [-0.2, 0) is 0 Å². The molecule has 3 aromatic heterocycles. The van der Waals surface area contributed by atoms with Gasteiger partial charge in [-0.15, -0.1) is 0 Å². The topological polar surface area (TPSA) is 56.7 Å². The van der Waals surface area contributed by atoms with Crippen molar-refractivity contribution in [1.82, 2.24) is 19.5 Å². The van der Waals surface area contributed by atoms with Crippen molar-refractivity contribution in [1.29, 1.82) is 0 Å². The Hall–Kier alpha value is -7.89. The van der Waals surface area contributed by atoms with Crippen LogP contribution in [0.1, 0.15) is 0 Å². The fraction of sp³-hybridized carbons (Fsp3) is 0. The third kappa shape index (κ3) is 5.21. The Bertz CT molecular complexity index is 3570. The number of hydrogen-bond acceptors (Lipinski definition) is 4. The maximum atomic E-state index is 6.90. The third-order valence-electron chi connectivity index (χ3n) is 11.4. The second kappa shape index (κ2) is 12.8. The molecule has 0 radical (unpaired) electrons. The number of nitrogens with zero attached hydrogens (tertiary/aromatic N) is 4. The molecule has 0 saturated heterocycles. The van der Waals surface area contributed by atoms with Crippen molar-refractivity contribution in [2.45, 2.75) is 0 Å². The van der Waals surface area contributed by atoms with E-state index in [4.69, 9.17) is 19.4 Å². The van der Waals surface area contributed by atoms with Crippen molar-refractivity contribution in [2.24, 2.45) is 0 Å². The summed E-state index contributed by atoms with van der Waals surface area (Å²) in [7, 11) is 0. The van der Waals surface area contributed by atoms with Crippen molar-refractivity contribution in [3.05, 3.63) is 194 Å². The largest absolute Gasteiger partial charge is 0.456 e.